The summed E-state index contributed by atoms with van der Waals surface area (Å²) >= 11 is 0. The highest BCUT2D eigenvalue weighted by Crippen LogP contribution is 2.37. The van der Waals surface area contributed by atoms with Gasteiger partial charge in [-0.05, 0) is 48.4 Å². The van der Waals surface area contributed by atoms with Gasteiger partial charge in [0.25, 0.3) is 0 Å². The number of methoxy groups -OCH3 is 1. The average molecular weight is 424 g/mol. The van der Waals surface area contributed by atoms with Gasteiger partial charge in [-0.3, -0.25) is 0 Å². The molecule has 1 N–H and O–H groups in total. The fourth-order valence-electron chi connectivity index (χ4n) is 4.37. The highest BCUT2D eigenvalue weighted by molar-refractivity contribution is 5.91. The van der Waals surface area contributed by atoms with Crippen molar-refractivity contribution < 1.29 is 9.53 Å². The van der Waals surface area contributed by atoms with Gasteiger partial charge in [-0.2, -0.15) is 0 Å². The smallest absolute Gasteiger partial charge is 0.323 e. The monoisotopic (exact) mass is 423 g/mol. The molecule has 0 aliphatic carbocycles. The van der Waals surface area contributed by atoms with Crippen LogP contribution >= 0.6 is 0 Å². The lowest BCUT2D eigenvalue weighted by atomic mass is 10.0. The Hall–Kier alpha value is -3.99. The summed E-state index contributed by atoms with van der Waals surface area (Å²) in [5.41, 5.74) is 6.14. The Morgan fingerprint density at radius 3 is 2.50 bits per heavy atom. The van der Waals surface area contributed by atoms with Crippen LogP contribution in [0.1, 0.15) is 28.4 Å². The Morgan fingerprint density at radius 1 is 0.938 bits per heavy atom. The number of carbonyl (C=O) groups excluding carboxylic acids is 1. The summed E-state index contributed by atoms with van der Waals surface area (Å²) in [6.45, 7) is 2.55. The molecule has 160 valence electrons. The van der Waals surface area contributed by atoms with E-state index in [1.807, 2.05) is 47.4 Å². The second-order valence-corrected chi connectivity index (χ2v) is 8.00. The molecule has 0 fully saturated rings. The number of nitrogens with one attached hydrogen (secondary N) is 1. The van der Waals surface area contributed by atoms with Crippen LogP contribution < -0.4 is 10.1 Å². The van der Waals surface area contributed by atoms with E-state index in [-0.39, 0.29) is 12.1 Å². The molecule has 0 unspecified atom stereocenters. The first-order valence-electron chi connectivity index (χ1n) is 10.7. The predicted molar refractivity (Wildman–Crippen MR) is 126 cm³/mol. The average Bonchev–Trinajstić information content (AvgIpc) is 3.24. The maximum Gasteiger partial charge on any atom is 0.323 e. The summed E-state index contributed by atoms with van der Waals surface area (Å²) in [4.78, 5) is 15.6. The molecule has 1 aliphatic rings. The number of ether oxygens (including phenoxy) is 1. The van der Waals surface area contributed by atoms with Gasteiger partial charge in [0.15, 0.2) is 0 Å². The van der Waals surface area contributed by atoms with E-state index in [2.05, 4.69) is 65.5 Å². The Morgan fingerprint density at radius 2 is 1.69 bits per heavy atom. The van der Waals surface area contributed by atoms with Crippen LogP contribution in [0, 0.1) is 6.92 Å². The van der Waals surface area contributed by atoms with Crippen molar-refractivity contribution in [1.29, 1.82) is 0 Å². The zero-order chi connectivity index (χ0) is 22.1. The van der Waals surface area contributed by atoms with Crippen molar-refractivity contribution in [2.24, 2.45) is 0 Å². The number of carbonyl (C=O) groups is 1. The first-order chi connectivity index (χ1) is 15.7. The van der Waals surface area contributed by atoms with Crippen LogP contribution in [0.4, 0.5) is 10.5 Å². The molecule has 1 aromatic heterocycles. The summed E-state index contributed by atoms with van der Waals surface area (Å²) in [6, 6.07) is 27.8. The van der Waals surface area contributed by atoms with Crippen molar-refractivity contribution >= 4 is 11.7 Å². The molecule has 5 nitrogen and oxygen atoms in total. The summed E-state index contributed by atoms with van der Waals surface area (Å²) < 4.78 is 7.64. The van der Waals surface area contributed by atoms with Crippen molar-refractivity contribution in [1.82, 2.24) is 9.47 Å². The molecular formula is C27H25N3O2. The third-order valence-electron chi connectivity index (χ3n) is 5.97. The molecule has 3 aromatic carbocycles. The molecule has 5 heteroatoms. The molecule has 0 spiro atoms. The van der Waals surface area contributed by atoms with Gasteiger partial charge in [0.2, 0.25) is 0 Å². The number of fused-ring (bicyclic) bond motifs is 3. The molecule has 4 aromatic rings. The van der Waals surface area contributed by atoms with E-state index < -0.39 is 0 Å². The van der Waals surface area contributed by atoms with Crippen molar-refractivity contribution in [3.63, 3.8) is 0 Å². The maximum absolute atomic E-state index is 13.7. The number of aromatic nitrogens is 1. The fourth-order valence-corrected chi connectivity index (χ4v) is 4.37. The van der Waals surface area contributed by atoms with E-state index in [9.17, 15) is 4.79 Å². The number of hydrogen-bond donors (Lipinski definition) is 1. The highest BCUT2D eigenvalue weighted by atomic mass is 16.5. The van der Waals surface area contributed by atoms with Gasteiger partial charge in [0.05, 0.1) is 31.1 Å². The molecule has 1 aliphatic heterocycles. The Kier molecular flexibility index (Phi) is 5.15. The standard InChI is InChI=1S/C27H25N3O2/c1-19-13-15-20(16-14-19)26-24-11-7-17-29(24)23-10-5-3-8-21(23)18-30(26)27(31)28-22-9-4-6-12-25(22)32-2/h3-17,26H,18H2,1-2H3,(H,28,31)/t26-/m0/s1. The normalized spacial score (nSPS) is 14.8. The Balaban J connectivity index is 1.63. The number of amides is 2. The number of anilines is 1. The number of hydrogen-bond acceptors (Lipinski definition) is 2. The molecule has 32 heavy (non-hydrogen) atoms. The van der Waals surface area contributed by atoms with Gasteiger partial charge in [-0.25, -0.2) is 4.79 Å². The number of para-hydroxylation sites is 3. The molecule has 5 rings (SSSR count). The van der Waals surface area contributed by atoms with Gasteiger partial charge in [0.1, 0.15) is 5.75 Å². The Labute approximate surface area is 187 Å². The van der Waals surface area contributed by atoms with Crippen LogP contribution in [0.2, 0.25) is 0 Å². The quantitative estimate of drug-likeness (QED) is 0.444. The number of urea groups is 1. The SMILES string of the molecule is COc1ccccc1NC(=O)N1Cc2ccccc2-n2cccc2[C@@H]1c1ccc(C)cc1. The van der Waals surface area contributed by atoms with Gasteiger partial charge in [-0.15, -0.1) is 0 Å². The van der Waals surface area contributed by atoms with Gasteiger partial charge in [-0.1, -0.05) is 60.2 Å². The minimum absolute atomic E-state index is 0.176. The minimum Gasteiger partial charge on any atom is -0.495 e. The zero-order valence-corrected chi connectivity index (χ0v) is 18.2. The second kappa shape index (κ2) is 8.27. The zero-order valence-electron chi connectivity index (χ0n) is 18.2. The fraction of sp³-hybridized carbons (Fsp3) is 0.148. The van der Waals surface area contributed by atoms with Gasteiger partial charge >= 0.3 is 6.03 Å². The van der Waals surface area contributed by atoms with Crippen LogP contribution in [0.3, 0.4) is 0 Å². The number of aryl methyl sites for hydroxylation is 1. The van der Waals surface area contributed by atoms with Crippen LogP contribution in [0.5, 0.6) is 5.75 Å². The summed E-state index contributed by atoms with van der Waals surface area (Å²) in [6.07, 6.45) is 2.07. The number of nitrogens with zero attached hydrogens (tertiary/aromatic N) is 2. The summed E-state index contributed by atoms with van der Waals surface area (Å²) in [5.74, 6) is 0.631. The van der Waals surface area contributed by atoms with Crippen LogP contribution in [-0.4, -0.2) is 22.6 Å². The summed E-state index contributed by atoms with van der Waals surface area (Å²) in [7, 11) is 1.61. The van der Waals surface area contributed by atoms with E-state index in [1.165, 1.54) is 5.56 Å². The van der Waals surface area contributed by atoms with E-state index >= 15 is 0 Å². The summed E-state index contributed by atoms with van der Waals surface area (Å²) in [5, 5.41) is 3.08. The molecule has 0 saturated carbocycles. The van der Waals surface area contributed by atoms with Crippen molar-refractivity contribution in [2.45, 2.75) is 19.5 Å². The highest BCUT2D eigenvalue weighted by Gasteiger charge is 2.33. The first kappa shape index (κ1) is 19.9. The molecular weight excluding hydrogens is 398 g/mol. The van der Waals surface area contributed by atoms with E-state index in [4.69, 9.17) is 4.74 Å². The lowest BCUT2D eigenvalue weighted by Crippen LogP contribution is -2.38. The molecule has 0 saturated heterocycles. The maximum atomic E-state index is 13.7. The predicted octanol–water partition coefficient (Wildman–Crippen LogP) is 5.93. The first-order valence-corrected chi connectivity index (χ1v) is 10.7. The van der Waals surface area contributed by atoms with Crippen molar-refractivity contribution in [3.8, 4) is 11.4 Å². The topological polar surface area (TPSA) is 46.5 Å². The molecule has 0 radical (unpaired) electrons. The van der Waals surface area contributed by atoms with E-state index in [0.717, 1.165) is 22.5 Å². The lowest BCUT2D eigenvalue weighted by molar-refractivity contribution is 0.194. The van der Waals surface area contributed by atoms with E-state index in [1.54, 1.807) is 7.11 Å². The number of benzene rings is 3. The third kappa shape index (κ3) is 3.52. The minimum atomic E-state index is -0.243. The van der Waals surface area contributed by atoms with Crippen molar-refractivity contribution in [2.75, 3.05) is 12.4 Å². The molecule has 1 atom stereocenters. The molecule has 0 bridgehead atoms. The van der Waals surface area contributed by atoms with Gasteiger partial charge < -0.3 is 19.5 Å². The Bertz CT molecular complexity index is 1260. The van der Waals surface area contributed by atoms with Gasteiger partial charge in [0, 0.05) is 11.9 Å². The largest absolute Gasteiger partial charge is 0.495 e. The van der Waals surface area contributed by atoms with Crippen LogP contribution in [-0.2, 0) is 6.54 Å². The van der Waals surface area contributed by atoms with Crippen LogP contribution in [0.25, 0.3) is 5.69 Å². The molecule has 2 amide bonds. The molecule has 2 heterocycles. The van der Waals surface area contributed by atoms with Crippen molar-refractivity contribution in [3.05, 3.63) is 114 Å². The second-order valence-electron chi connectivity index (χ2n) is 8.00. The lowest BCUT2D eigenvalue weighted by Gasteiger charge is -2.31. The van der Waals surface area contributed by atoms with E-state index in [0.29, 0.717) is 18.0 Å². The third-order valence-corrected chi connectivity index (χ3v) is 5.97. The number of rotatable bonds is 3. The van der Waals surface area contributed by atoms with Crippen LogP contribution in [0.15, 0.2) is 91.1 Å².